The van der Waals surface area contributed by atoms with Gasteiger partial charge in [-0.3, -0.25) is 9.59 Å². The van der Waals surface area contributed by atoms with Crippen LogP contribution >= 0.6 is 0 Å². The van der Waals surface area contributed by atoms with Crippen LogP contribution in [0, 0.1) is 6.92 Å². The third-order valence-electron chi connectivity index (χ3n) is 4.29. The number of Topliss-reactive ketones (excluding diaryl/α,β-unsaturated/α-hetero) is 1. The van der Waals surface area contributed by atoms with Crippen molar-refractivity contribution in [2.45, 2.75) is 31.6 Å². The number of sulfonamides is 1. The highest BCUT2D eigenvalue weighted by Gasteiger charge is 2.30. The number of aryl methyl sites for hydroxylation is 1. The maximum absolute atomic E-state index is 12.6. The first kappa shape index (κ1) is 21.0. The van der Waals surface area contributed by atoms with Crippen LogP contribution in [0.5, 0.6) is 0 Å². The molecule has 0 unspecified atom stereocenters. The predicted molar refractivity (Wildman–Crippen MR) is 97.4 cm³/mol. The number of hydrogen-bond acceptors (Lipinski definition) is 6. The third kappa shape index (κ3) is 5.86. The van der Waals surface area contributed by atoms with Crippen LogP contribution in [0.3, 0.4) is 0 Å². The van der Waals surface area contributed by atoms with Gasteiger partial charge < -0.3 is 14.4 Å². The second-order valence-corrected chi connectivity index (χ2v) is 8.40. The molecule has 1 aliphatic rings. The number of benzene rings is 1. The summed E-state index contributed by atoms with van der Waals surface area (Å²) < 4.78 is 31.5. The van der Waals surface area contributed by atoms with Crippen molar-refractivity contribution in [1.29, 1.82) is 0 Å². The first-order valence-corrected chi connectivity index (χ1v) is 10.1. The smallest absolute Gasteiger partial charge is 0.306 e. The standard InChI is InChI=1S/C18H24N2O6S/c1-14-3-6-16(7-4-14)27(24,25)20-11-9-19(10-12-20)17(22)13-26-18(23)8-5-15(2)21/h3-4,6-7H,5,8-13H2,1-2H3. The molecule has 1 saturated heterocycles. The SMILES string of the molecule is CC(=O)CCC(=O)OCC(=O)N1CCN(S(=O)(=O)c2ccc(C)cc2)CC1. The van der Waals surface area contributed by atoms with E-state index in [0.717, 1.165) is 5.56 Å². The van der Waals surface area contributed by atoms with Gasteiger partial charge in [-0.05, 0) is 26.0 Å². The van der Waals surface area contributed by atoms with E-state index in [1.807, 2.05) is 6.92 Å². The number of nitrogens with zero attached hydrogens (tertiary/aromatic N) is 2. The monoisotopic (exact) mass is 396 g/mol. The lowest BCUT2D eigenvalue weighted by atomic mass is 10.2. The summed E-state index contributed by atoms with van der Waals surface area (Å²) in [4.78, 5) is 36.1. The molecule has 0 aliphatic carbocycles. The van der Waals surface area contributed by atoms with E-state index in [1.54, 1.807) is 24.3 Å². The van der Waals surface area contributed by atoms with Crippen LogP contribution in [-0.4, -0.2) is 68.1 Å². The first-order chi connectivity index (χ1) is 12.7. The summed E-state index contributed by atoms with van der Waals surface area (Å²) in [5.41, 5.74) is 0.974. The van der Waals surface area contributed by atoms with E-state index in [9.17, 15) is 22.8 Å². The summed E-state index contributed by atoms with van der Waals surface area (Å²) in [6.45, 7) is 3.68. The normalized spacial score (nSPS) is 15.4. The van der Waals surface area contributed by atoms with E-state index in [4.69, 9.17) is 4.74 Å². The number of ketones is 1. The molecule has 1 fully saturated rings. The average molecular weight is 396 g/mol. The van der Waals surface area contributed by atoms with Crippen LogP contribution in [-0.2, 0) is 29.1 Å². The number of carbonyl (C=O) groups is 3. The van der Waals surface area contributed by atoms with Crippen LogP contribution in [0.1, 0.15) is 25.3 Å². The van der Waals surface area contributed by atoms with Gasteiger partial charge in [-0.1, -0.05) is 17.7 Å². The molecule has 0 aromatic heterocycles. The largest absolute Gasteiger partial charge is 0.456 e. The Bertz CT molecular complexity index is 796. The highest BCUT2D eigenvalue weighted by atomic mass is 32.2. The zero-order valence-electron chi connectivity index (χ0n) is 15.5. The van der Waals surface area contributed by atoms with Crippen molar-refractivity contribution in [3.05, 3.63) is 29.8 Å². The van der Waals surface area contributed by atoms with E-state index in [2.05, 4.69) is 0 Å². The van der Waals surface area contributed by atoms with Gasteiger partial charge in [-0.25, -0.2) is 8.42 Å². The summed E-state index contributed by atoms with van der Waals surface area (Å²) >= 11 is 0. The van der Waals surface area contributed by atoms with E-state index < -0.39 is 22.6 Å². The fourth-order valence-corrected chi connectivity index (χ4v) is 4.04. The molecule has 2 rings (SSSR count). The second-order valence-electron chi connectivity index (χ2n) is 6.46. The number of carbonyl (C=O) groups excluding carboxylic acids is 3. The molecule has 0 saturated carbocycles. The van der Waals surface area contributed by atoms with E-state index in [-0.39, 0.29) is 55.6 Å². The average Bonchev–Trinajstić information content (AvgIpc) is 2.64. The molecule has 8 nitrogen and oxygen atoms in total. The van der Waals surface area contributed by atoms with Crippen LogP contribution in [0.2, 0.25) is 0 Å². The minimum atomic E-state index is -3.59. The number of esters is 1. The van der Waals surface area contributed by atoms with Crippen LogP contribution < -0.4 is 0 Å². The van der Waals surface area contributed by atoms with E-state index >= 15 is 0 Å². The van der Waals surface area contributed by atoms with Crippen LogP contribution in [0.4, 0.5) is 0 Å². The Balaban J connectivity index is 1.83. The molecule has 0 bridgehead atoms. The highest BCUT2D eigenvalue weighted by molar-refractivity contribution is 7.89. The molecule has 1 heterocycles. The Kier molecular flexibility index (Phi) is 7.09. The maximum atomic E-state index is 12.6. The fourth-order valence-electron chi connectivity index (χ4n) is 2.62. The fraction of sp³-hybridized carbons (Fsp3) is 0.500. The lowest BCUT2D eigenvalue weighted by Crippen LogP contribution is -2.51. The van der Waals surface area contributed by atoms with Crippen molar-refractivity contribution in [3.8, 4) is 0 Å². The molecule has 0 radical (unpaired) electrons. The quantitative estimate of drug-likeness (QED) is 0.630. The van der Waals surface area contributed by atoms with Gasteiger partial charge in [0.15, 0.2) is 6.61 Å². The Labute approximate surface area is 159 Å². The third-order valence-corrected chi connectivity index (χ3v) is 6.20. The van der Waals surface area contributed by atoms with E-state index in [1.165, 1.54) is 16.1 Å². The summed E-state index contributed by atoms with van der Waals surface area (Å²) in [6, 6.07) is 6.63. The summed E-state index contributed by atoms with van der Waals surface area (Å²) in [5, 5.41) is 0. The Morgan fingerprint density at radius 1 is 1.00 bits per heavy atom. The molecule has 27 heavy (non-hydrogen) atoms. The molecule has 0 spiro atoms. The van der Waals surface area contributed by atoms with Crippen molar-refractivity contribution in [3.63, 3.8) is 0 Å². The number of piperazine rings is 1. The van der Waals surface area contributed by atoms with Gasteiger partial charge in [0.2, 0.25) is 10.0 Å². The maximum Gasteiger partial charge on any atom is 0.306 e. The van der Waals surface area contributed by atoms with Gasteiger partial charge in [0.05, 0.1) is 11.3 Å². The molecule has 148 valence electrons. The minimum absolute atomic E-state index is 0.0504. The molecule has 0 N–H and O–H groups in total. The summed E-state index contributed by atoms with van der Waals surface area (Å²) in [5.74, 6) is -1.10. The predicted octanol–water partition coefficient (Wildman–Crippen LogP) is 0.740. The van der Waals surface area contributed by atoms with Crippen LogP contribution in [0.15, 0.2) is 29.2 Å². The zero-order chi connectivity index (χ0) is 20.0. The summed E-state index contributed by atoms with van der Waals surface area (Å²) in [7, 11) is -3.59. The Morgan fingerprint density at radius 2 is 1.59 bits per heavy atom. The highest BCUT2D eigenvalue weighted by Crippen LogP contribution is 2.18. The van der Waals surface area contributed by atoms with Crippen molar-refractivity contribution < 1.29 is 27.5 Å². The van der Waals surface area contributed by atoms with E-state index in [0.29, 0.717) is 0 Å². The number of hydrogen-bond donors (Lipinski definition) is 0. The van der Waals surface area contributed by atoms with Gasteiger partial charge in [-0.2, -0.15) is 4.31 Å². The van der Waals surface area contributed by atoms with Crippen molar-refractivity contribution in [1.82, 2.24) is 9.21 Å². The van der Waals surface area contributed by atoms with Crippen LogP contribution in [0.25, 0.3) is 0 Å². The lowest BCUT2D eigenvalue weighted by Gasteiger charge is -2.33. The van der Waals surface area contributed by atoms with Gasteiger partial charge in [-0.15, -0.1) is 0 Å². The first-order valence-electron chi connectivity index (χ1n) is 8.70. The van der Waals surface area contributed by atoms with Crippen molar-refractivity contribution >= 4 is 27.7 Å². The Morgan fingerprint density at radius 3 is 2.15 bits per heavy atom. The molecule has 1 amide bonds. The number of amides is 1. The molecular formula is C18H24N2O6S. The number of rotatable bonds is 7. The molecule has 9 heteroatoms. The molecule has 1 aliphatic heterocycles. The molecule has 0 atom stereocenters. The lowest BCUT2D eigenvalue weighted by molar-refractivity contribution is -0.152. The zero-order valence-corrected chi connectivity index (χ0v) is 16.3. The second kappa shape index (κ2) is 9.09. The molecule has 1 aromatic rings. The van der Waals surface area contributed by atoms with Gasteiger partial charge >= 0.3 is 5.97 Å². The van der Waals surface area contributed by atoms with Gasteiger partial charge in [0.1, 0.15) is 5.78 Å². The Hall–Kier alpha value is -2.26. The van der Waals surface area contributed by atoms with Gasteiger partial charge in [0, 0.05) is 32.6 Å². The summed E-state index contributed by atoms with van der Waals surface area (Å²) in [6.07, 6.45) is 0.0355. The van der Waals surface area contributed by atoms with Gasteiger partial charge in [0.25, 0.3) is 5.91 Å². The number of ether oxygens (including phenoxy) is 1. The molecular weight excluding hydrogens is 372 g/mol. The van der Waals surface area contributed by atoms with Crippen molar-refractivity contribution in [2.75, 3.05) is 32.8 Å². The molecule has 1 aromatic carbocycles. The minimum Gasteiger partial charge on any atom is -0.456 e. The topological polar surface area (TPSA) is 101 Å². The van der Waals surface area contributed by atoms with Crippen molar-refractivity contribution in [2.24, 2.45) is 0 Å².